The molecule has 5 heteroatoms. The molecule has 0 atom stereocenters. The van der Waals surface area contributed by atoms with Crippen molar-refractivity contribution in [2.24, 2.45) is 0 Å². The van der Waals surface area contributed by atoms with Crippen molar-refractivity contribution in [2.45, 2.75) is 25.7 Å². The Morgan fingerprint density at radius 2 is 1.95 bits per heavy atom. The molecule has 1 aromatic rings. The van der Waals surface area contributed by atoms with Gasteiger partial charge in [-0.2, -0.15) is 0 Å². The van der Waals surface area contributed by atoms with Gasteiger partial charge in [-0.25, -0.2) is 0 Å². The normalized spacial score (nSPS) is 17.5. The van der Waals surface area contributed by atoms with Gasteiger partial charge in [0.25, 0.3) is 5.91 Å². The summed E-state index contributed by atoms with van der Waals surface area (Å²) in [5, 5.41) is 3.54. The van der Waals surface area contributed by atoms with Gasteiger partial charge < -0.3 is 14.8 Å². The molecular formula is C14H14ClNO3. The minimum atomic E-state index is -0.122. The summed E-state index contributed by atoms with van der Waals surface area (Å²) in [4.78, 5) is 12.2. The van der Waals surface area contributed by atoms with Crippen LogP contribution in [0.3, 0.4) is 0 Å². The Balaban J connectivity index is 1.76. The SMILES string of the molecule is O=C(Nc1ccc2c(c1)OCO2)C1=C(Cl)CCCC1. The highest BCUT2D eigenvalue weighted by Gasteiger charge is 2.19. The zero-order valence-electron chi connectivity index (χ0n) is 10.4. The molecule has 100 valence electrons. The van der Waals surface area contributed by atoms with Gasteiger partial charge in [-0.15, -0.1) is 0 Å². The molecule has 2 aliphatic rings. The quantitative estimate of drug-likeness (QED) is 0.902. The summed E-state index contributed by atoms with van der Waals surface area (Å²) in [6.45, 7) is 0.226. The summed E-state index contributed by atoms with van der Waals surface area (Å²) >= 11 is 6.11. The van der Waals surface area contributed by atoms with Crippen molar-refractivity contribution in [1.82, 2.24) is 0 Å². The smallest absolute Gasteiger partial charge is 0.252 e. The summed E-state index contributed by atoms with van der Waals surface area (Å²) in [6, 6.07) is 5.34. The molecule has 1 aliphatic heterocycles. The largest absolute Gasteiger partial charge is 0.454 e. The molecule has 1 amide bonds. The molecule has 19 heavy (non-hydrogen) atoms. The molecule has 0 fully saturated rings. The minimum Gasteiger partial charge on any atom is -0.454 e. The maximum atomic E-state index is 12.2. The van der Waals surface area contributed by atoms with Gasteiger partial charge in [0.05, 0.1) is 0 Å². The zero-order chi connectivity index (χ0) is 13.2. The fraction of sp³-hybridized carbons (Fsp3) is 0.357. The number of hydrogen-bond donors (Lipinski definition) is 1. The highest BCUT2D eigenvalue weighted by molar-refractivity contribution is 6.32. The number of carbonyl (C=O) groups excluding carboxylic acids is 1. The minimum absolute atomic E-state index is 0.122. The lowest BCUT2D eigenvalue weighted by atomic mass is 9.98. The second-order valence-electron chi connectivity index (χ2n) is 4.61. The Morgan fingerprint density at radius 1 is 1.16 bits per heavy atom. The summed E-state index contributed by atoms with van der Waals surface area (Å²) in [7, 11) is 0. The highest BCUT2D eigenvalue weighted by Crippen LogP contribution is 2.35. The molecule has 0 spiro atoms. The first-order chi connectivity index (χ1) is 9.24. The van der Waals surface area contributed by atoms with Crippen LogP contribution in [0.2, 0.25) is 0 Å². The molecule has 1 aliphatic carbocycles. The molecule has 0 saturated heterocycles. The Labute approximate surface area is 116 Å². The average Bonchev–Trinajstić information content (AvgIpc) is 2.86. The predicted molar refractivity (Wildman–Crippen MR) is 72.5 cm³/mol. The number of anilines is 1. The van der Waals surface area contributed by atoms with E-state index in [-0.39, 0.29) is 12.7 Å². The standard InChI is InChI=1S/C14H14ClNO3/c15-11-4-2-1-3-10(11)14(17)16-9-5-6-12-13(7-9)19-8-18-12/h5-7H,1-4,8H2,(H,16,17). The van der Waals surface area contributed by atoms with Crippen molar-refractivity contribution in [3.8, 4) is 11.5 Å². The second-order valence-corrected chi connectivity index (χ2v) is 5.07. The van der Waals surface area contributed by atoms with Crippen molar-refractivity contribution in [3.63, 3.8) is 0 Å². The van der Waals surface area contributed by atoms with Crippen LogP contribution >= 0.6 is 11.6 Å². The second kappa shape index (κ2) is 5.13. The molecule has 1 heterocycles. The summed E-state index contributed by atoms with van der Waals surface area (Å²) in [6.07, 6.45) is 3.61. The van der Waals surface area contributed by atoms with E-state index in [1.807, 2.05) is 0 Å². The number of hydrogen-bond acceptors (Lipinski definition) is 3. The molecule has 4 nitrogen and oxygen atoms in total. The van der Waals surface area contributed by atoms with Gasteiger partial charge in [0.1, 0.15) is 0 Å². The third-order valence-electron chi connectivity index (χ3n) is 3.31. The number of allylic oxidation sites excluding steroid dienone is 1. The highest BCUT2D eigenvalue weighted by atomic mass is 35.5. The van der Waals surface area contributed by atoms with Gasteiger partial charge in [0.15, 0.2) is 11.5 Å². The molecule has 0 aromatic heterocycles. The fourth-order valence-electron chi connectivity index (χ4n) is 2.29. The van der Waals surface area contributed by atoms with E-state index in [1.165, 1.54) is 0 Å². The monoisotopic (exact) mass is 279 g/mol. The Bertz CT molecular complexity index is 554. The van der Waals surface area contributed by atoms with Crippen molar-refractivity contribution < 1.29 is 14.3 Å². The van der Waals surface area contributed by atoms with Gasteiger partial charge in [0.2, 0.25) is 6.79 Å². The first-order valence-corrected chi connectivity index (χ1v) is 6.70. The third kappa shape index (κ3) is 2.54. The first kappa shape index (κ1) is 12.4. The lowest BCUT2D eigenvalue weighted by Crippen LogP contribution is -2.17. The van der Waals surface area contributed by atoms with Crippen molar-refractivity contribution >= 4 is 23.2 Å². The average molecular weight is 280 g/mol. The van der Waals surface area contributed by atoms with Crippen LogP contribution in [0.4, 0.5) is 5.69 Å². The molecule has 1 N–H and O–H groups in total. The maximum absolute atomic E-state index is 12.2. The van der Waals surface area contributed by atoms with Gasteiger partial charge in [-0.1, -0.05) is 11.6 Å². The topological polar surface area (TPSA) is 47.6 Å². The fourth-order valence-corrected chi connectivity index (χ4v) is 2.60. The Morgan fingerprint density at radius 3 is 2.79 bits per heavy atom. The molecule has 0 unspecified atom stereocenters. The van der Waals surface area contributed by atoms with Crippen molar-refractivity contribution in [1.29, 1.82) is 0 Å². The number of carbonyl (C=O) groups is 1. The molecule has 0 radical (unpaired) electrons. The van der Waals surface area contributed by atoms with Crippen LogP contribution in [0.5, 0.6) is 11.5 Å². The summed E-state index contributed by atoms with van der Waals surface area (Å²) in [5.74, 6) is 1.23. The van der Waals surface area contributed by atoms with E-state index >= 15 is 0 Å². The number of fused-ring (bicyclic) bond motifs is 1. The van der Waals surface area contributed by atoms with E-state index in [0.717, 1.165) is 25.7 Å². The number of amides is 1. The predicted octanol–water partition coefficient (Wildman–Crippen LogP) is 3.42. The number of rotatable bonds is 2. The zero-order valence-corrected chi connectivity index (χ0v) is 11.1. The number of ether oxygens (including phenoxy) is 2. The van der Waals surface area contributed by atoms with Gasteiger partial charge in [0, 0.05) is 22.4 Å². The van der Waals surface area contributed by atoms with Gasteiger partial charge in [-0.3, -0.25) is 4.79 Å². The number of halogens is 1. The third-order valence-corrected chi connectivity index (χ3v) is 3.72. The van der Waals surface area contributed by atoms with Gasteiger partial charge in [-0.05, 0) is 37.8 Å². The molecule has 0 saturated carbocycles. The van der Waals surface area contributed by atoms with Crippen molar-refractivity contribution in [3.05, 3.63) is 28.8 Å². The van der Waals surface area contributed by atoms with Crippen LogP contribution < -0.4 is 14.8 Å². The molecular weight excluding hydrogens is 266 g/mol. The van der Waals surface area contributed by atoms with Crippen LogP contribution in [0.1, 0.15) is 25.7 Å². The first-order valence-electron chi connectivity index (χ1n) is 6.32. The number of benzene rings is 1. The van der Waals surface area contributed by atoms with E-state index in [2.05, 4.69) is 5.32 Å². The molecule has 0 bridgehead atoms. The number of nitrogens with one attached hydrogen (secondary N) is 1. The van der Waals surface area contributed by atoms with Gasteiger partial charge >= 0.3 is 0 Å². The summed E-state index contributed by atoms with van der Waals surface area (Å²) < 4.78 is 10.5. The van der Waals surface area contributed by atoms with E-state index in [0.29, 0.717) is 27.8 Å². The van der Waals surface area contributed by atoms with E-state index in [4.69, 9.17) is 21.1 Å². The molecule has 1 aromatic carbocycles. The molecule has 3 rings (SSSR count). The van der Waals surface area contributed by atoms with Crippen LogP contribution in [-0.2, 0) is 4.79 Å². The van der Waals surface area contributed by atoms with E-state index in [1.54, 1.807) is 18.2 Å². The van der Waals surface area contributed by atoms with Crippen molar-refractivity contribution in [2.75, 3.05) is 12.1 Å². The maximum Gasteiger partial charge on any atom is 0.252 e. The Kier molecular flexibility index (Phi) is 3.34. The van der Waals surface area contributed by atoms with E-state index < -0.39 is 0 Å². The lowest BCUT2D eigenvalue weighted by molar-refractivity contribution is -0.113. The van der Waals surface area contributed by atoms with Crippen LogP contribution in [-0.4, -0.2) is 12.7 Å². The summed E-state index contributed by atoms with van der Waals surface area (Å²) in [5.41, 5.74) is 1.39. The lowest BCUT2D eigenvalue weighted by Gasteiger charge is -2.15. The van der Waals surface area contributed by atoms with Crippen LogP contribution in [0, 0.1) is 0 Å². The van der Waals surface area contributed by atoms with E-state index in [9.17, 15) is 4.79 Å². The van der Waals surface area contributed by atoms with Crippen LogP contribution in [0.25, 0.3) is 0 Å². The Hall–Kier alpha value is -1.68. The van der Waals surface area contributed by atoms with Crippen LogP contribution in [0.15, 0.2) is 28.8 Å².